The van der Waals surface area contributed by atoms with Gasteiger partial charge in [0.2, 0.25) is 0 Å². The minimum atomic E-state index is -0.469. The summed E-state index contributed by atoms with van der Waals surface area (Å²) in [6, 6.07) is 13.6. The smallest absolute Gasteiger partial charge is 0.276 e. The Labute approximate surface area is 154 Å². The van der Waals surface area contributed by atoms with E-state index in [1.165, 1.54) is 24.3 Å². The number of nitrogens with one attached hydrogen (secondary N) is 1. The molecular weight excluding hydrogens is 357 g/mol. The SMILES string of the molecule is Cc1ccc(Cl)cc1NC(=O)c1ccc(=O)n(Cc2cccc(F)c2)n1. The molecule has 7 heteroatoms. The molecule has 5 nitrogen and oxygen atoms in total. The minimum absolute atomic E-state index is 0.0634. The van der Waals surface area contributed by atoms with Crippen LogP contribution in [-0.2, 0) is 6.54 Å². The standard InChI is InChI=1S/C19H15ClFN3O2/c1-12-5-6-14(20)10-17(12)22-19(26)16-7-8-18(25)24(23-16)11-13-3-2-4-15(21)9-13/h2-10H,11H2,1H3,(H,22,26). The summed E-state index contributed by atoms with van der Waals surface area (Å²) in [6.07, 6.45) is 0. The monoisotopic (exact) mass is 371 g/mol. The van der Waals surface area contributed by atoms with E-state index in [0.29, 0.717) is 16.3 Å². The molecule has 0 aliphatic rings. The Kier molecular flexibility index (Phi) is 5.14. The van der Waals surface area contributed by atoms with Crippen LogP contribution in [0.25, 0.3) is 0 Å². The molecule has 1 heterocycles. The van der Waals surface area contributed by atoms with Gasteiger partial charge < -0.3 is 5.32 Å². The summed E-state index contributed by atoms with van der Waals surface area (Å²) in [5.74, 6) is -0.871. The first-order valence-corrected chi connectivity index (χ1v) is 8.20. The lowest BCUT2D eigenvalue weighted by Gasteiger charge is -2.10. The molecule has 0 aliphatic heterocycles. The van der Waals surface area contributed by atoms with Crippen LogP contribution in [0.5, 0.6) is 0 Å². The van der Waals surface area contributed by atoms with Crippen LogP contribution >= 0.6 is 11.6 Å². The van der Waals surface area contributed by atoms with Gasteiger partial charge in [0, 0.05) is 16.8 Å². The molecule has 0 aliphatic carbocycles. The predicted molar refractivity (Wildman–Crippen MR) is 98.1 cm³/mol. The summed E-state index contributed by atoms with van der Waals surface area (Å²) in [4.78, 5) is 24.5. The number of halogens is 2. The molecule has 0 unspecified atom stereocenters. The van der Waals surface area contributed by atoms with Crippen LogP contribution in [0.3, 0.4) is 0 Å². The Morgan fingerprint density at radius 3 is 2.77 bits per heavy atom. The van der Waals surface area contributed by atoms with Gasteiger partial charge in [0.25, 0.3) is 11.5 Å². The maximum Gasteiger partial charge on any atom is 0.276 e. The van der Waals surface area contributed by atoms with Crippen LogP contribution in [-0.4, -0.2) is 15.7 Å². The largest absolute Gasteiger partial charge is 0.320 e. The molecule has 0 bridgehead atoms. The fraction of sp³-hybridized carbons (Fsp3) is 0.105. The van der Waals surface area contributed by atoms with E-state index < -0.39 is 11.7 Å². The van der Waals surface area contributed by atoms with Crippen molar-refractivity contribution in [3.05, 3.63) is 92.6 Å². The van der Waals surface area contributed by atoms with Crippen molar-refractivity contribution in [1.82, 2.24) is 9.78 Å². The van der Waals surface area contributed by atoms with Crippen molar-refractivity contribution < 1.29 is 9.18 Å². The topological polar surface area (TPSA) is 64.0 Å². The Bertz CT molecular complexity index is 1030. The van der Waals surface area contributed by atoms with Crippen LogP contribution in [0.15, 0.2) is 59.4 Å². The number of carbonyl (C=O) groups excluding carboxylic acids is 1. The zero-order valence-corrected chi connectivity index (χ0v) is 14.6. The Morgan fingerprint density at radius 1 is 1.19 bits per heavy atom. The van der Waals surface area contributed by atoms with Crippen molar-refractivity contribution in [1.29, 1.82) is 0 Å². The lowest BCUT2D eigenvalue weighted by molar-refractivity contribution is 0.102. The third-order valence-electron chi connectivity index (χ3n) is 3.77. The number of nitrogens with zero attached hydrogens (tertiary/aromatic N) is 2. The second-order valence-corrected chi connectivity index (χ2v) is 6.19. The van der Waals surface area contributed by atoms with E-state index >= 15 is 0 Å². The number of aryl methyl sites for hydroxylation is 1. The van der Waals surface area contributed by atoms with Crippen LogP contribution < -0.4 is 10.9 Å². The first-order chi connectivity index (χ1) is 12.4. The maximum absolute atomic E-state index is 13.3. The fourth-order valence-electron chi connectivity index (χ4n) is 2.41. The number of carbonyl (C=O) groups is 1. The van der Waals surface area contributed by atoms with Crippen molar-refractivity contribution in [3.63, 3.8) is 0 Å². The Morgan fingerprint density at radius 2 is 2.00 bits per heavy atom. The quantitative estimate of drug-likeness (QED) is 0.761. The third kappa shape index (κ3) is 4.15. The van der Waals surface area contributed by atoms with Gasteiger partial charge in [-0.05, 0) is 48.4 Å². The lowest BCUT2D eigenvalue weighted by Crippen LogP contribution is -2.26. The van der Waals surface area contributed by atoms with Gasteiger partial charge in [-0.25, -0.2) is 9.07 Å². The molecule has 26 heavy (non-hydrogen) atoms. The molecule has 2 aromatic carbocycles. The van der Waals surface area contributed by atoms with E-state index in [2.05, 4.69) is 10.4 Å². The summed E-state index contributed by atoms with van der Waals surface area (Å²) < 4.78 is 14.4. The summed E-state index contributed by atoms with van der Waals surface area (Å²) in [7, 11) is 0. The minimum Gasteiger partial charge on any atom is -0.320 e. The van der Waals surface area contributed by atoms with Crippen molar-refractivity contribution in [3.8, 4) is 0 Å². The van der Waals surface area contributed by atoms with E-state index in [1.807, 2.05) is 6.92 Å². The molecule has 0 saturated heterocycles. The van der Waals surface area contributed by atoms with Crippen LogP contribution in [0.4, 0.5) is 10.1 Å². The molecule has 3 rings (SSSR count). The van der Waals surface area contributed by atoms with Gasteiger partial charge in [0.1, 0.15) is 11.5 Å². The van der Waals surface area contributed by atoms with Crippen LogP contribution in [0, 0.1) is 12.7 Å². The number of aromatic nitrogens is 2. The van der Waals surface area contributed by atoms with Crippen molar-refractivity contribution in [2.24, 2.45) is 0 Å². The highest BCUT2D eigenvalue weighted by Crippen LogP contribution is 2.20. The van der Waals surface area contributed by atoms with E-state index in [1.54, 1.807) is 30.3 Å². The van der Waals surface area contributed by atoms with Gasteiger partial charge in [-0.2, -0.15) is 5.10 Å². The molecular formula is C19H15ClFN3O2. The summed E-state index contributed by atoms with van der Waals surface area (Å²) in [5, 5.41) is 7.30. The maximum atomic E-state index is 13.3. The summed E-state index contributed by atoms with van der Waals surface area (Å²) in [6.45, 7) is 1.90. The van der Waals surface area contributed by atoms with Gasteiger partial charge in [-0.15, -0.1) is 0 Å². The fourth-order valence-corrected chi connectivity index (χ4v) is 2.58. The summed E-state index contributed by atoms with van der Waals surface area (Å²) in [5.41, 5.74) is 1.66. The van der Waals surface area contributed by atoms with Gasteiger partial charge in [0.15, 0.2) is 0 Å². The molecule has 0 spiro atoms. The molecule has 0 radical (unpaired) electrons. The normalized spacial score (nSPS) is 10.6. The van der Waals surface area contributed by atoms with E-state index in [-0.39, 0.29) is 17.8 Å². The Balaban J connectivity index is 1.85. The molecule has 0 fully saturated rings. The highest BCUT2D eigenvalue weighted by Gasteiger charge is 2.12. The first kappa shape index (κ1) is 17.8. The third-order valence-corrected chi connectivity index (χ3v) is 4.00. The number of anilines is 1. The number of rotatable bonds is 4. The second kappa shape index (κ2) is 7.49. The molecule has 132 valence electrons. The van der Waals surface area contributed by atoms with E-state index in [9.17, 15) is 14.0 Å². The number of benzene rings is 2. The average Bonchev–Trinajstić information content (AvgIpc) is 2.60. The number of hydrogen-bond acceptors (Lipinski definition) is 3. The van der Waals surface area contributed by atoms with Gasteiger partial charge >= 0.3 is 0 Å². The molecule has 0 saturated carbocycles. The molecule has 1 aromatic heterocycles. The Hall–Kier alpha value is -2.99. The second-order valence-electron chi connectivity index (χ2n) is 5.76. The van der Waals surface area contributed by atoms with Gasteiger partial charge in [0.05, 0.1) is 6.54 Å². The van der Waals surface area contributed by atoms with Gasteiger partial charge in [-0.3, -0.25) is 9.59 Å². The zero-order valence-electron chi connectivity index (χ0n) is 13.9. The highest BCUT2D eigenvalue weighted by molar-refractivity contribution is 6.31. The van der Waals surface area contributed by atoms with Gasteiger partial charge in [-0.1, -0.05) is 29.8 Å². The number of hydrogen-bond donors (Lipinski definition) is 1. The molecule has 1 N–H and O–H groups in total. The van der Waals surface area contributed by atoms with Crippen LogP contribution in [0.2, 0.25) is 5.02 Å². The van der Waals surface area contributed by atoms with E-state index in [4.69, 9.17) is 11.6 Å². The van der Waals surface area contributed by atoms with Crippen LogP contribution in [0.1, 0.15) is 21.6 Å². The zero-order chi connectivity index (χ0) is 18.7. The predicted octanol–water partition coefficient (Wildman–Crippen LogP) is 3.64. The first-order valence-electron chi connectivity index (χ1n) is 7.82. The average molecular weight is 372 g/mol. The number of amides is 1. The molecule has 1 amide bonds. The molecule has 3 aromatic rings. The summed E-state index contributed by atoms with van der Waals surface area (Å²) >= 11 is 5.95. The van der Waals surface area contributed by atoms with Crippen molar-refractivity contribution in [2.75, 3.05) is 5.32 Å². The highest BCUT2D eigenvalue weighted by atomic mass is 35.5. The molecule has 0 atom stereocenters. The van der Waals surface area contributed by atoms with E-state index in [0.717, 1.165) is 10.2 Å². The van der Waals surface area contributed by atoms with Crippen molar-refractivity contribution >= 4 is 23.2 Å². The lowest BCUT2D eigenvalue weighted by atomic mass is 10.2. The van der Waals surface area contributed by atoms with Crippen molar-refractivity contribution in [2.45, 2.75) is 13.5 Å².